The van der Waals surface area contributed by atoms with Gasteiger partial charge in [0.15, 0.2) is 5.82 Å². The standard InChI is InChI=1S/C36H27F9N2O4/c1-19-10-23(33(48)49)4-7-28(19)22-5-9-31(50-3)30(15-22)29-8-6-25(34(37,38)39)14-24(29)18-47(32-11-20(2)51-46-32)17-21-12-26(35(40,41)42)16-27(13-21)36(43,44)45/h4-16H,17-18H2,1-3H3,(H,48,49). The zero-order valence-corrected chi connectivity index (χ0v) is 26.9. The summed E-state index contributed by atoms with van der Waals surface area (Å²) in [5.41, 5.74) is -2.35. The van der Waals surface area contributed by atoms with Crippen LogP contribution in [-0.4, -0.2) is 23.3 Å². The zero-order chi connectivity index (χ0) is 37.5. The maximum Gasteiger partial charge on any atom is 0.416 e. The van der Waals surface area contributed by atoms with Gasteiger partial charge in [-0.2, -0.15) is 39.5 Å². The third-order valence-electron chi connectivity index (χ3n) is 8.03. The molecule has 0 saturated heterocycles. The maximum atomic E-state index is 14.1. The highest BCUT2D eigenvalue weighted by molar-refractivity contribution is 5.89. The SMILES string of the molecule is COc1ccc(-c2ccc(C(=O)O)cc2C)cc1-c1ccc(C(F)(F)F)cc1CN(Cc1cc(C(F)(F)F)cc(C(F)(F)F)c1)c1cc(C)on1. The van der Waals surface area contributed by atoms with Gasteiger partial charge >= 0.3 is 24.5 Å². The summed E-state index contributed by atoms with van der Waals surface area (Å²) in [4.78, 5) is 12.7. The molecule has 6 nitrogen and oxygen atoms in total. The molecule has 1 aromatic heterocycles. The lowest BCUT2D eigenvalue weighted by molar-refractivity contribution is -0.143. The number of carbonyl (C=O) groups is 1. The van der Waals surface area contributed by atoms with Crippen LogP contribution in [0.2, 0.25) is 0 Å². The van der Waals surface area contributed by atoms with E-state index in [1.54, 1.807) is 31.2 Å². The van der Waals surface area contributed by atoms with E-state index >= 15 is 0 Å². The highest BCUT2D eigenvalue weighted by Gasteiger charge is 2.37. The Kier molecular flexibility index (Phi) is 9.87. The van der Waals surface area contributed by atoms with Crippen LogP contribution in [0.4, 0.5) is 45.3 Å². The number of nitrogens with zero attached hydrogens (tertiary/aromatic N) is 2. The van der Waals surface area contributed by atoms with Crippen molar-refractivity contribution < 1.29 is 58.7 Å². The van der Waals surface area contributed by atoms with Crippen LogP contribution >= 0.6 is 0 Å². The number of carboxylic acid groups (broad SMARTS) is 1. The Morgan fingerprint density at radius 3 is 1.88 bits per heavy atom. The molecule has 51 heavy (non-hydrogen) atoms. The molecule has 0 aliphatic carbocycles. The van der Waals surface area contributed by atoms with Crippen molar-refractivity contribution >= 4 is 11.8 Å². The molecule has 1 heterocycles. The summed E-state index contributed by atoms with van der Waals surface area (Å²) in [6, 6.07) is 14.6. The fourth-order valence-electron chi connectivity index (χ4n) is 5.63. The number of anilines is 1. The fourth-order valence-corrected chi connectivity index (χ4v) is 5.63. The second-order valence-electron chi connectivity index (χ2n) is 11.7. The molecule has 0 saturated carbocycles. The van der Waals surface area contributed by atoms with Gasteiger partial charge < -0.3 is 19.3 Å². The Morgan fingerprint density at radius 2 is 1.35 bits per heavy atom. The maximum absolute atomic E-state index is 14.1. The largest absolute Gasteiger partial charge is 0.496 e. The van der Waals surface area contributed by atoms with E-state index in [1.165, 1.54) is 43.2 Å². The minimum atomic E-state index is -5.13. The lowest BCUT2D eigenvalue weighted by atomic mass is 9.91. The summed E-state index contributed by atoms with van der Waals surface area (Å²) in [5, 5.41) is 13.2. The monoisotopic (exact) mass is 722 g/mol. The Bertz CT molecular complexity index is 2050. The second-order valence-corrected chi connectivity index (χ2v) is 11.7. The number of methoxy groups -OCH3 is 1. The number of carboxylic acids is 1. The Labute approximate surface area is 284 Å². The van der Waals surface area contributed by atoms with Crippen LogP contribution in [0.25, 0.3) is 22.3 Å². The Hall–Kier alpha value is -5.47. The van der Waals surface area contributed by atoms with Gasteiger partial charge in [-0.3, -0.25) is 0 Å². The molecular formula is C36H27F9N2O4. The van der Waals surface area contributed by atoms with E-state index in [4.69, 9.17) is 9.26 Å². The fraction of sp³-hybridized carbons (Fsp3) is 0.222. The van der Waals surface area contributed by atoms with E-state index in [2.05, 4.69) is 5.16 Å². The van der Waals surface area contributed by atoms with E-state index < -0.39 is 59.8 Å². The van der Waals surface area contributed by atoms with Gasteiger partial charge in [0.2, 0.25) is 0 Å². The number of ether oxygens (including phenoxy) is 1. The summed E-state index contributed by atoms with van der Waals surface area (Å²) >= 11 is 0. The number of hydrogen-bond donors (Lipinski definition) is 1. The van der Waals surface area contributed by atoms with Crippen LogP contribution < -0.4 is 9.64 Å². The van der Waals surface area contributed by atoms with Crippen molar-refractivity contribution in [2.45, 2.75) is 45.5 Å². The molecule has 268 valence electrons. The molecule has 5 rings (SSSR count). The third kappa shape index (κ3) is 8.30. The van der Waals surface area contributed by atoms with Crippen molar-refractivity contribution in [1.29, 1.82) is 0 Å². The molecular weight excluding hydrogens is 695 g/mol. The second kappa shape index (κ2) is 13.7. The number of rotatable bonds is 9. The number of aromatic carboxylic acids is 1. The van der Waals surface area contributed by atoms with Crippen LogP contribution in [-0.2, 0) is 31.6 Å². The molecule has 1 N–H and O–H groups in total. The molecule has 0 spiro atoms. The van der Waals surface area contributed by atoms with Crippen LogP contribution in [0.5, 0.6) is 5.75 Å². The predicted octanol–water partition coefficient (Wildman–Crippen LogP) is 10.6. The molecule has 0 atom stereocenters. The van der Waals surface area contributed by atoms with Crippen LogP contribution in [0, 0.1) is 13.8 Å². The first-order valence-corrected chi connectivity index (χ1v) is 14.9. The molecule has 0 radical (unpaired) electrons. The van der Waals surface area contributed by atoms with Crippen molar-refractivity contribution in [3.05, 3.63) is 124 Å². The summed E-state index contributed by atoms with van der Waals surface area (Å²) in [6.07, 6.45) is -15.1. The molecule has 15 heteroatoms. The number of aromatic nitrogens is 1. The van der Waals surface area contributed by atoms with Gasteiger partial charge in [-0.25, -0.2) is 4.79 Å². The number of aryl methyl sites for hydroxylation is 2. The van der Waals surface area contributed by atoms with E-state index in [9.17, 15) is 49.4 Å². The van der Waals surface area contributed by atoms with Gasteiger partial charge in [0.1, 0.15) is 11.5 Å². The predicted molar refractivity (Wildman–Crippen MR) is 168 cm³/mol. The number of alkyl halides is 9. The van der Waals surface area contributed by atoms with Crippen molar-refractivity contribution in [2.75, 3.05) is 12.0 Å². The number of benzene rings is 4. The first kappa shape index (κ1) is 36.8. The van der Waals surface area contributed by atoms with Crippen molar-refractivity contribution in [3.63, 3.8) is 0 Å². The minimum Gasteiger partial charge on any atom is -0.496 e. The Morgan fingerprint density at radius 1 is 0.725 bits per heavy atom. The number of hydrogen-bond acceptors (Lipinski definition) is 5. The van der Waals surface area contributed by atoms with Gasteiger partial charge in [0, 0.05) is 24.7 Å². The lowest BCUT2D eigenvalue weighted by Gasteiger charge is -2.26. The summed E-state index contributed by atoms with van der Waals surface area (Å²) in [7, 11) is 1.34. The first-order chi connectivity index (χ1) is 23.7. The summed E-state index contributed by atoms with van der Waals surface area (Å²) < 4.78 is 135. The van der Waals surface area contributed by atoms with Crippen molar-refractivity contribution in [3.8, 4) is 28.0 Å². The number of halogens is 9. The van der Waals surface area contributed by atoms with Crippen LogP contribution in [0.1, 0.15) is 49.5 Å². The molecule has 0 aliphatic rings. The molecule has 0 unspecified atom stereocenters. The van der Waals surface area contributed by atoms with E-state index in [1.807, 2.05) is 0 Å². The van der Waals surface area contributed by atoms with Crippen LogP contribution in [0.3, 0.4) is 0 Å². The van der Waals surface area contributed by atoms with Gasteiger partial charge in [-0.05, 0) is 102 Å². The molecule has 4 aromatic carbocycles. The highest BCUT2D eigenvalue weighted by Crippen LogP contribution is 2.41. The van der Waals surface area contributed by atoms with E-state index in [0.29, 0.717) is 34.4 Å². The Balaban J connectivity index is 1.68. The van der Waals surface area contributed by atoms with Gasteiger partial charge in [0.25, 0.3) is 0 Å². The minimum absolute atomic E-state index is 0.0187. The average Bonchev–Trinajstić information content (AvgIpc) is 3.48. The molecule has 0 aliphatic heterocycles. The van der Waals surface area contributed by atoms with Gasteiger partial charge in [-0.15, -0.1) is 0 Å². The molecule has 0 bridgehead atoms. The molecule has 0 fully saturated rings. The van der Waals surface area contributed by atoms with Crippen LogP contribution in [0.15, 0.2) is 83.4 Å². The summed E-state index contributed by atoms with van der Waals surface area (Å²) in [6.45, 7) is 2.05. The molecule has 0 amide bonds. The lowest BCUT2D eigenvalue weighted by Crippen LogP contribution is -2.24. The van der Waals surface area contributed by atoms with E-state index in [0.717, 1.165) is 12.1 Å². The molecule has 5 aromatic rings. The first-order valence-electron chi connectivity index (χ1n) is 14.9. The smallest absolute Gasteiger partial charge is 0.416 e. The topological polar surface area (TPSA) is 75.8 Å². The van der Waals surface area contributed by atoms with Crippen molar-refractivity contribution in [1.82, 2.24) is 5.16 Å². The zero-order valence-electron chi connectivity index (χ0n) is 26.9. The average molecular weight is 723 g/mol. The van der Waals surface area contributed by atoms with Crippen molar-refractivity contribution in [2.24, 2.45) is 0 Å². The van der Waals surface area contributed by atoms with Gasteiger partial charge in [0.05, 0.1) is 29.4 Å². The highest BCUT2D eigenvalue weighted by atomic mass is 19.4. The normalized spacial score (nSPS) is 12.2. The van der Waals surface area contributed by atoms with Gasteiger partial charge in [-0.1, -0.05) is 23.4 Å². The van der Waals surface area contributed by atoms with E-state index in [-0.39, 0.29) is 40.1 Å². The quantitative estimate of drug-likeness (QED) is 0.153. The third-order valence-corrected chi connectivity index (χ3v) is 8.03. The summed E-state index contributed by atoms with van der Waals surface area (Å²) in [5.74, 6) is -0.744.